The molecule has 0 saturated heterocycles. The minimum atomic E-state index is -0.298. The highest BCUT2D eigenvalue weighted by Crippen LogP contribution is 2.15. The van der Waals surface area contributed by atoms with Gasteiger partial charge in [-0.25, -0.2) is 4.79 Å². The Bertz CT molecular complexity index is 337. The third kappa shape index (κ3) is 2.23. The standard InChI is InChI=1S/C10H14N2O2/c1-3-14-10(13)9-5-4-8(12-11)6-7(9)2/h4-6,12H,3,11H2,1-2H3. The first kappa shape index (κ1) is 10.5. The van der Waals surface area contributed by atoms with Gasteiger partial charge in [0.15, 0.2) is 0 Å². The lowest BCUT2D eigenvalue weighted by Crippen LogP contribution is -2.10. The minimum Gasteiger partial charge on any atom is -0.462 e. The van der Waals surface area contributed by atoms with Crippen molar-refractivity contribution >= 4 is 11.7 Å². The lowest BCUT2D eigenvalue weighted by Gasteiger charge is -2.07. The molecule has 1 aromatic rings. The number of nitrogens with two attached hydrogens (primary N) is 1. The van der Waals surface area contributed by atoms with Crippen molar-refractivity contribution in [2.75, 3.05) is 12.0 Å². The van der Waals surface area contributed by atoms with E-state index in [1.807, 2.05) is 6.92 Å². The molecule has 0 aromatic heterocycles. The summed E-state index contributed by atoms with van der Waals surface area (Å²) in [6.45, 7) is 4.01. The summed E-state index contributed by atoms with van der Waals surface area (Å²) in [5, 5.41) is 0. The van der Waals surface area contributed by atoms with Gasteiger partial charge in [-0.15, -0.1) is 0 Å². The van der Waals surface area contributed by atoms with Crippen LogP contribution in [0.3, 0.4) is 0 Å². The van der Waals surface area contributed by atoms with E-state index in [0.717, 1.165) is 11.3 Å². The first-order valence-corrected chi connectivity index (χ1v) is 4.43. The molecule has 0 saturated carbocycles. The van der Waals surface area contributed by atoms with Gasteiger partial charge in [-0.05, 0) is 37.6 Å². The Hall–Kier alpha value is -1.55. The third-order valence-electron chi connectivity index (χ3n) is 1.89. The number of nitrogen functional groups attached to an aromatic ring is 1. The zero-order chi connectivity index (χ0) is 10.6. The minimum absolute atomic E-state index is 0.298. The normalized spacial score (nSPS) is 9.64. The number of hydrazine groups is 1. The highest BCUT2D eigenvalue weighted by Gasteiger charge is 2.09. The molecule has 4 nitrogen and oxygen atoms in total. The molecule has 0 atom stereocenters. The van der Waals surface area contributed by atoms with Crippen molar-refractivity contribution < 1.29 is 9.53 Å². The summed E-state index contributed by atoms with van der Waals surface area (Å²) in [5.41, 5.74) is 4.71. The Morgan fingerprint density at radius 1 is 1.57 bits per heavy atom. The van der Waals surface area contributed by atoms with Crippen molar-refractivity contribution in [2.24, 2.45) is 5.84 Å². The predicted octanol–water partition coefficient (Wildman–Crippen LogP) is 1.46. The number of carbonyl (C=O) groups excluding carboxylic acids is 1. The lowest BCUT2D eigenvalue weighted by molar-refractivity contribution is 0.0525. The smallest absolute Gasteiger partial charge is 0.338 e. The molecule has 14 heavy (non-hydrogen) atoms. The van der Waals surface area contributed by atoms with Crippen LogP contribution in [0.4, 0.5) is 5.69 Å². The van der Waals surface area contributed by atoms with Gasteiger partial charge < -0.3 is 10.2 Å². The van der Waals surface area contributed by atoms with E-state index >= 15 is 0 Å². The van der Waals surface area contributed by atoms with Gasteiger partial charge in [0, 0.05) is 5.69 Å². The average Bonchev–Trinajstić information content (AvgIpc) is 2.17. The maximum atomic E-state index is 11.4. The van der Waals surface area contributed by atoms with Crippen LogP contribution in [0.15, 0.2) is 18.2 Å². The van der Waals surface area contributed by atoms with Gasteiger partial charge in [0.25, 0.3) is 0 Å². The zero-order valence-electron chi connectivity index (χ0n) is 8.33. The summed E-state index contributed by atoms with van der Waals surface area (Å²) >= 11 is 0. The molecule has 76 valence electrons. The Morgan fingerprint density at radius 2 is 2.29 bits per heavy atom. The van der Waals surface area contributed by atoms with Crippen LogP contribution in [-0.2, 0) is 4.74 Å². The molecule has 3 N–H and O–H groups in total. The number of aryl methyl sites for hydroxylation is 1. The number of hydrogen-bond acceptors (Lipinski definition) is 4. The van der Waals surface area contributed by atoms with E-state index in [1.54, 1.807) is 25.1 Å². The van der Waals surface area contributed by atoms with Crippen LogP contribution in [0.1, 0.15) is 22.8 Å². The molecular formula is C10H14N2O2. The lowest BCUT2D eigenvalue weighted by atomic mass is 10.1. The summed E-state index contributed by atoms with van der Waals surface area (Å²) in [5.74, 6) is 4.94. The van der Waals surface area contributed by atoms with Gasteiger partial charge in [0.2, 0.25) is 0 Å². The molecule has 0 spiro atoms. The van der Waals surface area contributed by atoms with Gasteiger partial charge in [0.1, 0.15) is 0 Å². The molecule has 0 heterocycles. The van der Waals surface area contributed by atoms with Crippen molar-refractivity contribution in [2.45, 2.75) is 13.8 Å². The van der Waals surface area contributed by atoms with Crippen molar-refractivity contribution in [1.29, 1.82) is 0 Å². The Morgan fingerprint density at radius 3 is 2.79 bits per heavy atom. The fourth-order valence-corrected chi connectivity index (χ4v) is 1.19. The van der Waals surface area contributed by atoms with Crippen LogP contribution < -0.4 is 11.3 Å². The van der Waals surface area contributed by atoms with E-state index in [-0.39, 0.29) is 5.97 Å². The highest BCUT2D eigenvalue weighted by atomic mass is 16.5. The molecule has 0 bridgehead atoms. The molecule has 4 heteroatoms. The van der Waals surface area contributed by atoms with Crippen LogP contribution in [0.25, 0.3) is 0 Å². The van der Waals surface area contributed by atoms with Crippen molar-refractivity contribution in [3.63, 3.8) is 0 Å². The van der Waals surface area contributed by atoms with E-state index in [9.17, 15) is 4.79 Å². The van der Waals surface area contributed by atoms with Gasteiger partial charge in [-0.1, -0.05) is 0 Å². The third-order valence-corrected chi connectivity index (χ3v) is 1.89. The number of benzene rings is 1. The topological polar surface area (TPSA) is 64.3 Å². The molecule has 0 amide bonds. The number of esters is 1. The van der Waals surface area contributed by atoms with Crippen LogP contribution in [-0.4, -0.2) is 12.6 Å². The number of rotatable bonds is 3. The molecule has 0 aliphatic rings. The summed E-state index contributed by atoms with van der Waals surface area (Å²) in [4.78, 5) is 11.4. The average molecular weight is 194 g/mol. The fraction of sp³-hybridized carbons (Fsp3) is 0.300. The molecule has 0 fully saturated rings. The van der Waals surface area contributed by atoms with E-state index in [0.29, 0.717) is 12.2 Å². The fourth-order valence-electron chi connectivity index (χ4n) is 1.19. The second-order valence-corrected chi connectivity index (χ2v) is 2.89. The summed E-state index contributed by atoms with van der Waals surface area (Å²) in [7, 11) is 0. The first-order valence-electron chi connectivity index (χ1n) is 4.43. The molecule has 1 aromatic carbocycles. The molecule has 1 rings (SSSR count). The van der Waals surface area contributed by atoms with Gasteiger partial charge >= 0.3 is 5.97 Å². The van der Waals surface area contributed by atoms with E-state index in [2.05, 4.69) is 5.43 Å². The SMILES string of the molecule is CCOC(=O)c1ccc(NN)cc1C. The maximum Gasteiger partial charge on any atom is 0.338 e. The monoisotopic (exact) mass is 194 g/mol. The second kappa shape index (κ2) is 4.62. The maximum absolute atomic E-state index is 11.4. The molecule has 0 aliphatic heterocycles. The Kier molecular flexibility index (Phi) is 3.48. The van der Waals surface area contributed by atoms with E-state index in [1.165, 1.54) is 0 Å². The second-order valence-electron chi connectivity index (χ2n) is 2.89. The number of nitrogens with one attached hydrogen (secondary N) is 1. The number of ether oxygens (including phenoxy) is 1. The highest BCUT2D eigenvalue weighted by molar-refractivity contribution is 5.91. The molecule has 0 aliphatic carbocycles. The van der Waals surface area contributed by atoms with Crippen LogP contribution in [0, 0.1) is 6.92 Å². The van der Waals surface area contributed by atoms with Crippen LogP contribution in [0.5, 0.6) is 0 Å². The van der Waals surface area contributed by atoms with Crippen LogP contribution in [0.2, 0.25) is 0 Å². The molecule has 0 radical (unpaired) electrons. The predicted molar refractivity (Wildman–Crippen MR) is 54.9 cm³/mol. The summed E-state index contributed by atoms with van der Waals surface area (Å²) in [6.07, 6.45) is 0. The van der Waals surface area contributed by atoms with Crippen molar-refractivity contribution in [1.82, 2.24) is 0 Å². The van der Waals surface area contributed by atoms with E-state index in [4.69, 9.17) is 10.6 Å². The van der Waals surface area contributed by atoms with Crippen LogP contribution >= 0.6 is 0 Å². The van der Waals surface area contributed by atoms with Crippen molar-refractivity contribution in [3.8, 4) is 0 Å². The zero-order valence-corrected chi connectivity index (χ0v) is 8.33. The molecule has 0 unspecified atom stereocenters. The quantitative estimate of drug-likeness (QED) is 0.434. The number of hydrogen-bond donors (Lipinski definition) is 2. The Balaban J connectivity index is 2.94. The largest absolute Gasteiger partial charge is 0.462 e. The summed E-state index contributed by atoms with van der Waals surface area (Å²) < 4.78 is 4.89. The molecular weight excluding hydrogens is 180 g/mol. The van der Waals surface area contributed by atoms with Gasteiger partial charge in [-0.3, -0.25) is 5.84 Å². The summed E-state index contributed by atoms with van der Waals surface area (Å²) in [6, 6.07) is 5.23. The first-order chi connectivity index (χ1) is 6.69. The number of carbonyl (C=O) groups is 1. The van der Waals surface area contributed by atoms with Gasteiger partial charge in [0.05, 0.1) is 12.2 Å². The van der Waals surface area contributed by atoms with Crippen molar-refractivity contribution in [3.05, 3.63) is 29.3 Å². The van der Waals surface area contributed by atoms with Gasteiger partial charge in [-0.2, -0.15) is 0 Å². The number of anilines is 1. The Labute approximate surface area is 83.0 Å². The van der Waals surface area contributed by atoms with E-state index < -0.39 is 0 Å².